The number of hydrogen-bond donors (Lipinski definition) is 0. The first-order chi connectivity index (χ1) is 9.74. The van der Waals surface area contributed by atoms with Crippen molar-refractivity contribution in [2.75, 3.05) is 0 Å². The van der Waals surface area contributed by atoms with Gasteiger partial charge in [-0.15, -0.1) is 10.2 Å². The third-order valence-electron chi connectivity index (χ3n) is 3.27. The third kappa shape index (κ3) is 2.43. The van der Waals surface area contributed by atoms with Gasteiger partial charge in [-0.25, -0.2) is 4.98 Å². The van der Waals surface area contributed by atoms with Gasteiger partial charge < -0.3 is 0 Å². The first-order valence-corrected chi connectivity index (χ1v) is 6.56. The fourth-order valence-electron chi connectivity index (χ4n) is 2.10. The highest BCUT2D eigenvalue weighted by atomic mass is 15.1. The van der Waals surface area contributed by atoms with Crippen molar-refractivity contribution in [3.8, 4) is 22.5 Å². The molecule has 0 aliphatic heterocycles. The number of nitrogens with zero attached hydrogens (tertiary/aromatic N) is 3. The SMILES string of the molecule is Cc1ccc(-c2ncnnc2-c2ccc(C)cc2)cc1. The van der Waals surface area contributed by atoms with E-state index in [0.717, 1.165) is 22.5 Å². The summed E-state index contributed by atoms with van der Waals surface area (Å²) < 4.78 is 0. The maximum atomic E-state index is 4.40. The number of hydrogen-bond acceptors (Lipinski definition) is 3. The maximum absolute atomic E-state index is 4.40. The third-order valence-corrected chi connectivity index (χ3v) is 3.27. The molecule has 98 valence electrons. The van der Waals surface area contributed by atoms with Crippen molar-refractivity contribution >= 4 is 0 Å². The van der Waals surface area contributed by atoms with E-state index in [1.54, 1.807) is 0 Å². The van der Waals surface area contributed by atoms with Crippen molar-refractivity contribution in [3.63, 3.8) is 0 Å². The van der Waals surface area contributed by atoms with E-state index in [2.05, 4.69) is 77.6 Å². The van der Waals surface area contributed by atoms with Crippen molar-refractivity contribution in [2.45, 2.75) is 13.8 Å². The van der Waals surface area contributed by atoms with Gasteiger partial charge in [-0.1, -0.05) is 59.7 Å². The zero-order valence-corrected chi connectivity index (χ0v) is 11.5. The Morgan fingerprint density at radius 2 is 1.15 bits per heavy atom. The molecule has 2 aromatic carbocycles. The summed E-state index contributed by atoms with van der Waals surface area (Å²) in [5, 5.41) is 8.19. The molecule has 20 heavy (non-hydrogen) atoms. The minimum atomic E-state index is 0.816. The Morgan fingerprint density at radius 1 is 0.650 bits per heavy atom. The van der Waals surface area contributed by atoms with E-state index in [1.165, 1.54) is 17.5 Å². The molecule has 1 heterocycles. The van der Waals surface area contributed by atoms with Gasteiger partial charge in [0.2, 0.25) is 0 Å². The van der Waals surface area contributed by atoms with Crippen molar-refractivity contribution in [3.05, 3.63) is 66.0 Å². The minimum absolute atomic E-state index is 0.816. The van der Waals surface area contributed by atoms with Gasteiger partial charge in [0.1, 0.15) is 17.7 Å². The summed E-state index contributed by atoms with van der Waals surface area (Å²) in [6, 6.07) is 16.5. The van der Waals surface area contributed by atoms with Crippen LogP contribution in [0.25, 0.3) is 22.5 Å². The Hall–Kier alpha value is -2.55. The van der Waals surface area contributed by atoms with Crippen LogP contribution in [0.5, 0.6) is 0 Å². The Kier molecular flexibility index (Phi) is 3.25. The molecule has 0 fully saturated rings. The molecule has 3 rings (SSSR count). The molecule has 0 aliphatic rings. The summed E-state index contributed by atoms with van der Waals surface area (Å²) in [7, 11) is 0. The molecule has 3 heteroatoms. The van der Waals surface area contributed by atoms with Crippen molar-refractivity contribution < 1.29 is 0 Å². The second kappa shape index (κ2) is 5.21. The number of aryl methyl sites for hydroxylation is 2. The molecule has 0 radical (unpaired) electrons. The summed E-state index contributed by atoms with van der Waals surface area (Å²) in [6.07, 6.45) is 1.49. The largest absolute Gasteiger partial charge is 0.232 e. The summed E-state index contributed by atoms with van der Waals surface area (Å²) >= 11 is 0. The lowest BCUT2D eigenvalue weighted by Gasteiger charge is -2.07. The van der Waals surface area contributed by atoms with Crippen molar-refractivity contribution in [2.24, 2.45) is 0 Å². The van der Waals surface area contributed by atoms with Crippen LogP contribution >= 0.6 is 0 Å². The topological polar surface area (TPSA) is 38.7 Å². The predicted octanol–water partition coefficient (Wildman–Crippen LogP) is 3.82. The molecular weight excluding hydrogens is 246 g/mol. The zero-order valence-electron chi connectivity index (χ0n) is 11.5. The smallest absolute Gasteiger partial charge is 0.138 e. The number of benzene rings is 2. The Morgan fingerprint density at radius 3 is 1.70 bits per heavy atom. The minimum Gasteiger partial charge on any atom is -0.232 e. The normalized spacial score (nSPS) is 10.5. The lowest BCUT2D eigenvalue weighted by atomic mass is 10.0. The van der Waals surface area contributed by atoms with Crippen molar-refractivity contribution in [1.82, 2.24) is 15.2 Å². The summed E-state index contributed by atoms with van der Waals surface area (Å²) in [4.78, 5) is 4.40. The molecule has 0 amide bonds. The lowest BCUT2D eigenvalue weighted by molar-refractivity contribution is 0.981. The maximum Gasteiger partial charge on any atom is 0.138 e. The zero-order chi connectivity index (χ0) is 13.9. The molecule has 0 bridgehead atoms. The second-order valence-electron chi connectivity index (χ2n) is 4.89. The Labute approximate surface area is 118 Å². The summed E-state index contributed by atoms with van der Waals surface area (Å²) in [5.74, 6) is 0. The van der Waals surface area contributed by atoms with Gasteiger partial charge >= 0.3 is 0 Å². The van der Waals surface area contributed by atoms with E-state index >= 15 is 0 Å². The van der Waals surface area contributed by atoms with E-state index in [4.69, 9.17) is 0 Å². The lowest BCUT2D eigenvalue weighted by Crippen LogP contribution is -1.95. The number of aromatic nitrogens is 3. The molecule has 0 saturated carbocycles. The van der Waals surface area contributed by atoms with Gasteiger partial charge in [-0.05, 0) is 13.8 Å². The van der Waals surface area contributed by atoms with E-state index in [0.29, 0.717) is 0 Å². The van der Waals surface area contributed by atoms with Gasteiger partial charge in [-0.2, -0.15) is 0 Å². The second-order valence-corrected chi connectivity index (χ2v) is 4.89. The molecule has 1 aromatic heterocycles. The molecule has 0 aliphatic carbocycles. The Balaban J connectivity index is 2.13. The number of rotatable bonds is 2. The van der Waals surface area contributed by atoms with Crippen LogP contribution in [-0.4, -0.2) is 15.2 Å². The van der Waals surface area contributed by atoms with Crippen molar-refractivity contribution in [1.29, 1.82) is 0 Å². The van der Waals surface area contributed by atoms with Gasteiger partial charge in [0, 0.05) is 11.1 Å². The molecule has 3 nitrogen and oxygen atoms in total. The standard InChI is InChI=1S/C17H15N3/c1-12-3-7-14(8-4-12)16-17(20-19-11-18-16)15-9-5-13(2)6-10-15/h3-11H,1-2H3. The average molecular weight is 261 g/mol. The average Bonchev–Trinajstić information content (AvgIpc) is 2.49. The first kappa shape index (κ1) is 12.5. The van der Waals surface area contributed by atoms with Gasteiger partial charge in [-0.3, -0.25) is 0 Å². The van der Waals surface area contributed by atoms with E-state index in [9.17, 15) is 0 Å². The molecule has 0 N–H and O–H groups in total. The van der Waals surface area contributed by atoms with Crippen LogP contribution in [0.3, 0.4) is 0 Å². The fraction of sp³-hybridized carbons (Fsp3) is 0.118. The van der Waals surface area contributed by atoms with Crippen LogP contribution in [0.4, 0.5) is 0 Å². The monoisotopic (exact) mass is 261 g/mol. The quantitative estimate of drug-likeness (QED) is 0.704. The molecule has 0 saturated heterocycles. The highest BCUT2D eigenvalue weighted by molar-refractivity contribution is 5.77. The fourth-order valence-corrected chi connectivity index (χ4v) is 2.10. The van der Waals surface area contributed by atoms with Crippen LogP contribution in [0.2, 0.25) is 0 Å². The molecule has 0 unspecified atom stereocenters. The van der Waals surface area contributed by atoms with E-state index < -0.39 is 0 Å². The van der Waals surface area contributed by atoms with Gasteiger partial charge in [0.15, 0.2) is 0 Å². The molecule has 0 spiro atoms. The van der Waals surface area contributed by atoms with Gasteiger partial charge in [0.05, 0.1) is 0 Å². The highest BCUT2D eigenvalue weighted by Crippen LogP contribution is 2.27. The van der Waals surface area contributed by atoms with E-state index in [-0.39, 0.29) is 0 Å². The summed E-state index contributed by atoms with van der Waals surface area (Å²) in [5.41, 5.74) is 6.23. The predicted molar refractivity (Wildman–Crippen MR) is 80.2 cm³/mol. The highest BCUT2D eigenvalue weighted by Gasteiger charge is 2.10. The summed E-state index contributed by atoms with van der Waals surface area (Å²) in [6.45, 7) is 4.14. The molecule has 3 aromatic rings. The first-order valence-electron chi connectivity index (χ1n) is 6.56. The Bertz CT molecular complexity index is 651. The van der Waals surface area contributed by atoms with Crippen LogP contribution in [0.1, 0.15) is 11.1 Å². The van der Waals surface area contributed by atoms with Gasteiger partial charge in [0.25, 0.3) is 0 Å². The molecule has 0 atom stereocenters. The molecular formula is C17H15N3. The van der Waals surface area contributed by atoms with E-state index in [1.807, 2.05) is 0 Å². The van der Waals surface area contributed by atoms with Crippen LogP contribution in [0, 0.1) is 13.8 Å². The van der Waals surface area contributed by atoms with Crippen LogP contribution < -0.4 is 0 Å². The van der Waals surface area contributed by atoms with Crippen LogP contribution in [0.15, 0.2) is 54.9 Å². The van der Waals surface area contributed by atoms with Crippen LogP contribution in [-0.2, 0) is 0 Å².